The van der Waals surface area contributed by atoms with Crippen LogP contribution < -0.4 is 9.47 Å². The highest BCUT2D eigenvalue weighted by atomic mass is 32.2. The summed E-state index contributed by atoms with van der Waals surface area (Å²) in [6.07, 6.45) is 1.36. The molecule has 0 spiro atoms. The second-order valence-corrected chi connectivity index (χ2v) is 7.90. The van der Waals surface area contributed by atoms with E-state index in [1.54, 1.807) is 18.2 Å². The first-order valence-electron chi connectivity index (χ1n) is 8.86. The second-order valence-electron chi connectivity index (χ2n) is 5.97. The fourth-order valence-electron chi connectivity index (χ4n) is 2.59. The Kier molecular flexibility index (Phi) is 9.54. The fraction of sp³-hybridized carbons (Fsp3) is 0.611. The summed E-state index contributed by atoms with van der Waals surface area (Å²) in [5.74, 6) is 0.457. The van der Waals surface area contributed by atoms with Gasteiger partial charge in [0, 0.05) is 25.7 Å². The smallest absolute Gasteiger partial charge is 0.321 e. The van der Waals surface area contributed by atoms with Crippen LogP contribution in [0.15, 0.2) is 18.2 Å². The SMILES string of the molecule is CCCN(CCC)S(=O)(=O)N(CC(=O)OC)Cc1cc(OC)cc(OC)c1. The molecule has 0 unspecified atom stereocenters. The second kappa shape index (κ2) is 11.1. The quantitative estimate of drug-likeness (QED) is 0.498. The van der Waals surface area contributed by atoms with Gasteiger partial charge in [-0.3, -0.25) is 4.79 Å². The van der Waals surface area contributed by atoms with Gasteiger partial charge < -0.3 is 14.2 Å². The first-order valence-corrected chi connectivity index (χ1v) is 10.3. The van der Waals surface area contributed by atoms with E-state index in [0.717, 1.165) is 4.31 Å². The number of esters is 1. The normalized spacial score (nSPS) is 11.7. The third kappa shape index (κ3) is 6.67. The molecule has 0 bridgehead atoms. The minimum atomic E-state index is -3.85. The Balaban J connectivity index is 3.26. The molecule has 154 valence electrons. The lowest BCUT2D eigenvalue weighted by Gasteiger charge is -2.29. The molecule has 0 atom stereocenters. The lowest BCUT2D eigenvalue weighted by atomic mass is 10.2. The molecule has 0 fully saturated rings. The van der Waals surface area contributed by atoms with Crippen molar-refractivity contribution in [3.63, 3.8) is 0 Å². The van der Waals surface area contributed by atoms with Gasteiger partial charge in [-0.05, 0) is 30.5 Å². The van der Waals surface area contributed by atoms with Gasteiger partial charge in [0.05, 0.1) is 21.3 Å². The predicted octanol–water partition coefficient (Wildman–Crippen LogP) is 2.05. The largest absolute Gasteiger partial charge is 0.497 e. The van der Waals surface area contributed by atoms with Crippen molar-refractivity contribution in [2.24, 2.45) is 0 Å². The van der Waals surface area contributed by atoms with Gasteiger partial charge in [-0.25, -0.2) is 0 Å². The van der Waals surface area contributed by atoms with E-state index in [-0.39, 0.29) is 13.1 Å². The fourth-order valence-corrected chi connectivity index (χ4v) is 4.33. The number of ether oxygens (including phenoxy) is 3. The van der Waals surface area contributed by atoms with Crippen LogP contribution in [0.25, 0.3) is 0 Å². The maximum Gasteiger partial charge on any atom is 0.321 e. The van der Waals surface area contributed by atoms with Gasteiger partial charge in [0.15, 0.2) is 0 Å². The monoisotopic (exact) mass is 402 g/mol. The first-order chi connectivity index (χ1) is 12.8. The molecule has 0 radical (unpaired) electrons. The van der Waals surface area contributed by atoms with Gasteiger partial charge in [-0.1, -0.05) is 13.8 Å². The predicted molar refractivity (Wildman–Crippen MR) is 103 cm³/mol. The standard InChI is InChI=1S/C18H30N2O6S/c1-6-8-19(9-7-2)27(22,23)20(14-18(21)26-5)13-15-10-16(24-3)12-17(11-15)25-4/h10-12H,6-9,13-14H2,1-5H3. The summed E-state index contributed by atoms with van der Waals surface area (Å²) >= 11 is 0. The molecule has 0 saturated heterocycles. The molecular formula is C18H30N2O6S. The summed E-state index contributed by atoms with van der Waals surface area (Å²) in [5, 5.41) is 0. The number of hydrogen-bond acceptors (Lipinski definition) is 6. The lowest BCUT2D eigenvalue weighted by molar-refractivity contribution is -0.140. The van der Waals surface area contributed by atoms with Crippen LogP contribution in [0.4, 0.5) is 0 Å². The van der Waals surface area contributed by atoms with Gasteiger partial charge in [-0.15, -0.1) is 0 Å². The van der Waals surface area contributed by atoms with Crippen LogP contribution in [0.3, 0.4) is 0 Å². The maximum atomic E-state index is 13.2. The van der Waals surface area contributed by atoms with Crippen LogP contribution in [0.1, 0.15) is 32.3 Å². The zero-order valence-corrected chi connectivity index (χ0v) is 17.5. The molecule has 0 amide bonds. The van der Waals surface area contributed by atoms with Gasteiger partial charge in [-0.2, -0.15) is 17.0 Å². The Morgan fingerprint density at radius 2 is 1.44 bits per heavy atom. The molecule has 0 heterocycles. The van der Waals surface area contributed by atoms with Crippen molar-refractivity contribution in [3.05, 3.63) is 23.8 Å². The molecule has 0 aliphatic carbocycles. The van der Waals surface area contributed by atoms with E-state index in [2.05, 4.69) is 0 Å². The van der Waals surface area contributed by atoms with Gasteiger partial charge in [0.1, 0.15) is 18.0 Å². The number of nitrogens with zero attached hydrogens (tertiary/aromatic N) is 2. The zero-order valence-electron chi connectivity index (χ0n) is 16.7. The Morgan fingerprint density at radius 1 is 0.926 bits per heavy atom. The molecule has 9 heteroatoms. The molecule has 0 N–H and O–H groups in total. The Bertz CT molecular complexity index is 680. The van der Waals surface area contributed by atoms with E-state index >= 15 is 0 Å². The first kappa shape index (κ1) is 23.2. The average molecular weight is 403 g/mol. The van der Waals surface area contributed by atoms with Crippen LogP contribution in [0.5, 0.6) is 11.5 Å². The van der Waals surface area contributed by atoms with E-state index in [1.165, 1.54) is 25.6 Å². The minimum Gasteiger partial charge on any atom is -0.497 e. The van der Waals surface area contributed by atoms with E-state index < -0.39 is 16.2 Å². The van der Waals surface area contributed by atoms with E-state index in [0.29, 0.717) is 43.0 Å². The van der Waals surface area contributed by atoms with Crippen molar-refractivity contribution in [3.8, 4) is 11.5 Å². The van der Waals surface area contributed by atoms with Gasteiger partial charge in [0.25, 0.3) is 10.2 Å². The Labute approximate surface area is 162 Å². The summed E-state index contributed by atoms with van der Waals surface area (Å²) in [4.78, 5) is 11.8. The molecular weight excluding hydrogens is 372 g/mol. The molecule has 0 aromatic heterocycles. The molecule has 8 nitrogen and oxygen atoms in total. The van der Waals surface area contributed by atoms with Gasteiger partial charge >= 0.3 is 5.97 Å². The lowest BCUT2D eigenvalue weighted by Crippen LogP contribution is -2.46. The number of rotatable bonds is 12. The minimum absolute atomic E-state index is 0.00504. The molecule has 0 saturated carbocycles. The van der Waals surface area contributed by atoms with Crippen LogP contribution in [0.2, 0.25) is 0 Å². The van der Waals surface area contributed by atoms with E-state index in [1.807, 2.05) is 13.8 Å². The Morgan fingerprint density at radius 3 is 1.85 bits per heavy atom. The third-order valence-corrected chi connectivity index (χ3v) is 5.83. The zero-order chi connectivity index (χ0) is 20.4. The number of benzene rings is 1. The number of carbonyl (C=O) groups is 1. The van der Waals surface area contributed by atoms with Crippen molar-refractivity contribution in [2.75, 3.05) is 41.0 Å². The molecule has 0 aliphatic heterocycles. The summed E-state index contributed by atoms with van der Waals surface area (Å²) in [7, 11) is 0.427. The van der Waals surface area contributed by atoms with Crippen molar-refractivity contribution in [1.82, 2.24) is 8.61 Å². The van der Waals surface area contributed by atoms with Crippen LogP contribution in [0, 0.1) is 0 Å². The van der Waals surface area contributed by atoms with Crippen molar-refractivity contribution < 1.29 is 27.4 Å². The summed E-state index contributed by atoms with van der Waals surface area (Å²) in [6, 6.07) is 5.13. The molecule has 1 aromatic carbocycles. The summed E-state index contributed by atoms with van der Waals surface area (Å²) < 4.78 is 44.0. The highest BCUT2D eigenvalue weighted by Crippen LogP contribution is 2.24. The average Bonchev–Trinajstić information content (AvgIpc) is 2.66. The van der Waals surface area contributed by atoms with Crippen LogP contribution in [-0.2, 0) is 26.3 Å². The molecule has 27 heavy (non-hydrogen) atoms. The summed E-state index contributed by atoms with van der Waals surface area (Å²) in [6.45, 7) is 4.22. The third-order valence-electron chi connectivity index (χ3n) is 3.90. The van der Waals surface area contributed by atoms with Gasteiger partial charge in [0.2, 0.25) is 0 Å². The Hall–Kier alpha value is -1.84. The molecule has 1 rings (SSSR count). The van der Waals surface area contributed by atoms with E-state index in [4.69, 9.17) is 14.2 Å². The van der Waals surface area contributed by atoms with Crippen molar-refractivity contribution >= 4 is 16.2 Å². The summed E-state index contributed by atoms with van der Waals surface area (Å²) in [5.41, 5.74) is 0.645. The number of methoxy groups -OCH3 is 3. The van der Waals surface area contributed by atoms with E-state index in [9.17, 15) is 13.2 Å². The van der Waals surface area contributed by atoms with Crippen molar-refractivity contribution in [1.29, 1.82) is 0 Å². The maximum absolute atomic E-state index is 13.2. The van der Waals surface area contributed by atoms with Crippen LogP contribution in [-0.4, -0.2) is 64.0 Å². The highest BCUT2D eigenvalue weighted by Gasteiger charge is 2.31. The van der Waals surface area contributed by atoms with Crippen LogP contribution >= 0.6 is 0 Å². The molecule has 0 aliphatic rings. The number of hydrogen-bond donors (Lipinski definition) is 0. The van der Waals surface area contributed by atoms with Crippen molar-refractivity contribution in [2.45, 2.75) is 33.2 Å². The topological polar surface area (TPSA) is 85.4 Å². The molecule has 1 aromatic rings. The number of carbonyl (C=O) groups excluding carboxylic acids is 1. The highest BCUT2D eigenvalue weighted by molar-refractivity contribution is 7.86.